The number of fused-ring (bicyclic) bond motifs is 13. The molecule has 1 unspecified atom stereocenters. The SMILES string of the molecule is C1=CC(n2c3ccccc3c3c4c5cc(-c6cccc7oc8ccccc8c67)ccc5n(-c5cccc6c5oc5ccccc56)c4ccc32)=CC=C(/C2=C/CCC(c3ccccc3)/C=C\C2)C1. The Morgan fingerprint density at radius 3 is 2.04 bits per heavy atom. The number of aromatic nitrogens is 2. The summed E-state index contributed by atoms with van der Waals surface area (Å²) in [5.41, 5.74) is 16.9. The second-order valence-electron chi connectivity index (χ2n) is 18.1. The van der Waals surface area contributed by atoms with Gasteiger partial charge < -0.3 is 18.0 Å². The first kappa shape index (κ1) is 38.0. The minimum absolute atomic E-state index is 0.459. The van der Waals surface area contributed by atoms with Gasteiger partial charge in [0.15, 0.2) is 5.58 Å². The molecular formula is C63H44N2O2. The smallest absolute Gasteiger partial charge is 0.159 e. The van der Waals surface area contributed by atoms with Crippen molar-refractivity contribution in [2.45, 2.75) is 31.6 Å². The summed E-state index contributed by atoms with van der Waals surface area (Å²) in [5, 5.41) is 9.35. The van der Waals surface area contributed by atoms with Crippen LogP contribution in [-0.2, 0) is 0 Å². The molecule has 14 rings (SSSR count). The lowest BCUT2D eigenvalue weighted by Crippen LogP contribution is -1.98. The van der Waals surface area contributed by atoms with Crippen LogP contribution in [0.2, 0.25) is 0 Å². The van der Waals surface area contributed by atoms with Crippen molar-refractivity contribution >= 4 is 93.2 Å². The molecule has 2 aliphatic carbocycles. The molecule has 0 amide bonds. The Hall–Kier alpha value is -8.34. The number of hydrogen-bond donors (Lipinski definition) is 0. The van der Waals surface area contributed by atoms with E-state index < -0.39 is 0 Å². The molecule has 4 heterocycles. The van der Waals surface area contributed by atoms with E-state index in [1.807, 2.05) is 12.1 Å². The second-order valence-corrected chi connectivity index (χ2v) is 18.1. The van der Waals surface area contributed by atoms with Crippen LogP contribution in [0.4, 0.5) is 0 Å². The third-order valence-electron chi connectivity index (χ3n) is 14.5. The predicted molar refractivity (Wildman–Crippen MR) is 280 cm³/mol. The Labute approximate surface area is 386 Å². The van der Waals surface area contributed by atoms with E-state index in [2.05, 4.69) is 209 Å². The molecule has 0 bridgehead atoms. The fourth-order valence-electron chi connectivity index (χ4n) is 11.4. The molecule has 4 nitrogen and oxygen atoms in total. The topological polar surface area (TPSA) is 36.1 Å². The first-order valence-electron chi connectivity index (χ1n) is 23.6. The van der Waals surface area contributed by atoms with E-state index in [4.69, 9.17) is 8.83 Å². The van der Waals surface area contributed by atoms with Crippen molar-refractivity contribution in [3.05, 3.63) is 229 Å². The molecule has 2 aliphatic rings. The summed E-state index contributed by atoms with van der Waals surface area (Å²) < 4.78 is 18.1. The number of hydrogen-bond acceptors (Lipinski definition) is 2. The highest BCUT2D eigenvalue weighted by atomic mass is 16.3. The van der Waals surface area contributed by atoms with Crippen LogP contribution in [0.1, 0.15) is 37.2 Å². The molecule has 0 aliphatic heterocycles. The molecule has 4 aromatic heterocycles. The molecule has 1 atom stereocenters. The molecule has 0 N–H and O–H groups in total. The molecule has 0 fully saturated rings. The molecule has 0 radical (unpaired) electrons. The third kappa shape index (κ3) is 5.92. The lowest BCUT2D eigenvalue weighted by atomic mass is 9.89. The maximum atomic E-state index is 6.76. The first-order chi connectivity index (χ1) is 33.2. The van der Waals surface area contributed by atoms with Crippen LogP contribution in [0, 0.1) is 0 Å². The van der Waals surface area contributed by atoms with Crippen molar-refractivity contribution in [1.29, 1.82) is 0 Å². The minimum atomic E-state index is 0.459. The van der Waals surface area contributed by atoms with Crippen LogP contribution in [0.3, 0.4) is 0 Å². The van der Waals surface area contributed by atoms with Gasteiger partial charge in [-0.1, -0.05) is 146 Å². The Morgan fingerprint density at radius 2 is 1.15 bits per heavy atom. The molecule has 4 heteroatoms. The van der Waals surface area contributed by atoms with Gasteiger partial charge in [-0.3, -0.25) is 0 Å². The van der Waals surface area contributed by atoms with Crippen LogP contribution in [0.25, 0.3) is 110 Å². The van der Waals surface area contributed by atoms with Crippen LogP contribution >= 0.6 is 0 Å². The quantitative estimate of drug-likeness (QED) is 0.162. The molecule has 12 aromatic rings. The van der Waals surface area contributed by atoms with Gasteiger partial charge in [-0.05, 0) is 120 Å². The first-order valence-corrected chi connectivity index (χ1v) is 23.6. The summed E-state index contributed by atoms with van der Waals surface area (Å²) in [6, 6.07) is 61.2. The Bertz CT molecular complexity index is 4160. The van der Waals surface area contributed by atoms with Gasteiger partial charge in [-0.15, -0.1) is 0 Å². The number of allylic oxidation sites excluding steroid dienone is 10. The molecular weight excluding hydrogens is 817 g/mol. The normalized spacial score (nSPS) is 17.1. The summed E-state index contributed by atoms with van der Waals surface area (Å²) in [6.45, 7) is 0. The summed E-state index contributed by atoms with van der Waals surface area (Å²) >= 11 is 0. The molecule has 0 saturated carbocycles. The summed E-state index contributed by atoms with van der Waals surface area (Å²) in [6.07, 6.45) is 20.7. The summed E-state index contributed by atoms with van der Waals surface area (Å²) in [4.78, 5) is 0. The second kappa shape index (κ2) is 15.1. The van der Waals surface area contributed by atoms with E-state index in [1.54, 1.807) is 0 Å². The fourth-order valence-corrected chi connectivity index (χ4v) is 11.4. The van der Waals surface area contributed by atoms with Crippen molar-refractivity contribution in [3.63, 3.8) is 0 Å². The van der Waals surface area contributed by atoms with Gasteiger partial charge in [0.2, 0.25) is 0 Å². The number of benzene rings is 8. The lowest BCUT2D eigenvalue weighted by Gasteiger charge is -2.16. The van der Waals surface area contributed by atoms with Gasteiger partial charge in [0.25, 0.3) is 0 Å². The van der Waals surface area contributed by atoms with Gasteiger partial charge in [0.1, 0.15) is 16.7 Å². The Morgan fingerprint density at radius 1 is 0.463 bits per heavy atom. The third-order valence-corrected chi connectivity index (χ3v) is 14.5. The van der Waals surface area contributed by atoms with Gasteiger partial charge in [0, 0.05) is 54.7 Å². The van der Waals surface area contributed by atoms with Crippen molar-refractivity contribution < 1.29 is 8.83 Å². The maximum absolute atomic E-state index is 6.76. The zero-order chi connectivity index (χ0) is 44.0. The highest BCUT2D eigenvalue weighted by molar-refractivity contribution is 6.30. The average molecular weight is 861 g/mol. The van der Waals surface area contributed by atoms with E-state index in [1.165, 1.54) is 49.3 Å². The van der Waals surface area contributed by atoms with E-state index in [0.717, 1.165) is 103 Å². The van der Waals surface area contributed by atoms with Crippen molar-refractivity contribution in [2.75, 3.05) is 0 Å². The molecule has 8 aromatic carbocycles. The van der Waals surface area contributed by atoms with Crippen molar-refractivity contribution in [3.8, 4) is 16.8 Å². The van der Waals surface area contributed by atoms with Crippen LogP contribution < -0.4 is 0 Å². The summed E-state index contributed by atoms with van der Waals surface area (Å²) in [5.74, 6) is 0.459. The van der Waals surface area contributed by atoms with Crippen molar-refractivity contribution in [2.24, 2.45) is 0 Å². The Balaban J connectivity index is 0.986. The number of nitrogens with zero attached hydrogens (tertiary/aromatic N) is 2. The maximum Gasteiger partial charge on any atom is 0.159 e. The van der Waals surface area contributed by atoms with E-state index in [-0.39, 0.29) is 0 Å². The van der Waals surface area contributed by atoms with Crippen molar-refractivity contribution in [1.82, 2.24) is 9.13 Å². The fraction of sp³-hybridized carbons (Fsp3) is 0.0794. The number of para-hydroxylation sites is 4. The van der Waals surface area contributed by atoms with Gasteiger partial charge in [-0.25, -0.2) is 0 Å². The van der Waals surface area contributed by atoms with Crippen LogP contribution in [0.5, 0.6) is 0 Å². The number of furan rings is 2. The average Bonchev–Trinajstić information content (AvgIpc) is 4.07. The van der Waals surface area contributed by atoms with Gasteiger partial charge in [-0.2, -0.15) is 0 Å². The van der Waals surface area contributed by atoms with E-state index >= 15 is 0 Å². The molecule has 0 saturated heterocycles. The van der Waals surface area contributed by atoms with Crippen LogP contribution in [0.15, 0.2) is 232 Å². The zero-order valence-electron chi connectivity index (χ0n) is 36.8. The minimum Gasteiger partial charge on any atom is -0.456 e. The van der Waals surface area contributed by atoms with Gasteiger partial charge >= 0.3 is 0 Å². The standard InChI is InChI=1S/C63H44N2O2/c1-2-15-40(16-3-1)41-17-10-19-42(20-11-18-41)43-21-12-22-45(35-33-43)64-52-28-7-4-24-49(52)61-54(64)37-38-55-62(61)51-39-44(46-26-14-32-59-60(46)50-25-6-9-31-58(50)66-59)34-36-53(51)65(55)56-29-13-27-48-47-23-5-8-30-57(47)67-63(48)56/h1-10,12-17,20,22-39,41H,11,18-19,21H2/b17-10-,42-20+. The van der Waals surface area contributed by atoms with E-state index in [9.17, 15) is 0 Å². The van der Waals surface area contributed by atoms with Gasteiger partial charge in [0.05, 0.1) is 27.8 Å². The monoisotopic (exact) mass is 860 g/mol. The highest BCUT2D eigenvalue weighted by Gasteiger charge is 2.24. The highest BCUT2D eigenvalue weighted by Crippen LogP contribution is 2.46. The zero-order valence-corrected chi connectivity index (χ0v) is 36.8. The predicted octanol–water partition coefficient (Wildman–Crippen LogP) is 17.5. The molecule has 318 valence electrons. The van der Waals surface area contributed by atoms with Crippen LogP contribution in [-0.4, -0.2) is 9.13 Å². The largest absolute Gasteiger partial charge is 0.456 e. The number of rotatable bonds is 5. The van der Waals surface area contributed by atoms with E-state index in [0.29, 0.717) is 5.92 Å². The summed E-state index contributed by atoms with van der Waals surface area (Å²) in [7, 11) is 0. The molecule has 67 heavy (non-hydrogen) atoms. The Kier molecular flexibility index (Phi) is 8.57. The lowest BCUT2D eigenvalue weighted by molar-refractivity contribution is 0.666. The molecule has 0 spiro atoms.